The van der Waals surface area contributed by atoms with Crippen LogP contribution in [0.4, 0.5) is 0 Å². The van der Waals surface area contributed by atoms with Crippen molar-refractivity contribution < 1.29 is 4.74 Å². The summed E-state index contributed by atoms with van der Waals surface area (Å²) in [7, 11) is 0. The Bertz CT molecular complexity index is 321. The lowest BCUT2D eigenvalue weighted by atomic mass is 9.64. The molecule has 0 aromatic heterocycles. The SMILES string of the molecule is C=CCOCC1(CCCCCCC)CCC(C2CCCCC2)CC1. The fourth-order valence-corrected chi connectivity index (χ4v) is 5.26. The third-order valence-electron chi connectivity index (χ3n) is 6.86. The van der Waals surface area contributed by atoms with Gasteiger partial charge in [0.05, 0.1) is 13.2 Å². The fourth-order valence-electron chi connectivity index (χ4n) is 5.26. The maximum absolute atomic E-state index is 5.97. The van der Waals surface area contributed by atoms with Crippen molar-refractivity contribution in [1.82, 2.24) is 0 Å². The molecule has 140 valence electrons. The van der Waals surface area contributed by atoms with E-state index in [1.165, 1.54) is 96.3 Å². The first-order valence-corrected chi connectivity index (χ1v) is 11.0. The van der Waals surface area contributed by atoms with Crippen LogP contribution >= 0.6 is 0 Å². The molecule has 2 rings (SSSR count). The summed E-state index contributed by atoms with van der Waals surface area (Å²) in [5.74, 6) is 2.08. The summed E-state index contributed by atoms with van der Waals surface area (Å²) in [4.78, 5) is 0. The van der Waals surface area contributed by atoms with E-state index in [9.17, 15) is 0 Å². The molecule has 0 bridgehead atoms. The minimum Gasteiger partial charge on any atom is -0.377 e. The zero-order valence-electron chi connectivity index (χ0n) is 16.4. The molecule has 1 nitrogen and oxygen atoms in total. The average Bonchev–Trinajstić information content (AvgIpc) is 2.63. The van der Waals surface area contributed by atoms with Gasteiger partial charge in [0.25, 0.3) is 0 Å². The minimum atomic E-state index is 0.486. The third-order valence-corrected chi connectivity index (χ3v) is 6.86. The highest BCUT2D eigenvalue weighted by atomic mass is 16.5. The molecule has 2 aliphatic rings. The minimum absolute atomic E-state index is 0.486. The van der Waals surface area contributed by atoms with Crippen molar-refractivity contribution in [3.63, 3.8) is 0 Å². The summed E-state index contributed by atoms with van der Waals surface area (Å²) in [6.45, 7) is 7.82. The van der Waals surface area contributed by atoms with Crippen LogP contribution in [0.15, 0.2) is 12.7 Å². The normalized spacial score (nSPS) is 28.8. The summed E-state index contributed by atoms with van der Waals surface area (Å²) < 4.78 is 5.97. The van der Waals surface area contributed by atoms with Crippen molar-refractivity contribution in [1.29, 1.82) is 0 Å². The Balaban J connectivity index is 1.79. The monoisotopic (exact) mass is 334 g/mol. The fraction of sp³-hybridized carbons (Fsp3) is 0.913. The molecule has 0 aromatic carbocycles. The standard InChI is InChI=1S/C23H42O/c1-3-5-6-7-11-16-23(20-24-19-4-2)17-14-22(15-18-23)21-12-9-8-10-13-21/h4,21-22H,2-3,5-20H2,1H3. The van der Waals surface area contributed by atoms with Gasteiger partial charge < -0.3 is 4.74 Å². The predicted octanol–water partition coefficient (Wildman–Crippen LogP) is 7.31. The molecular weight excluding hydrogens is 292 g/mol. The molecule has 2 saturated carbocycles. The van der Waals surface area contributed by atoms with Crippen LogP contribution in [0, 0.1) is 17.3 Å². The van der Waals surface area contributed by atoms with Gasteiger partial charge in [0.1, 0.15) is 0 Å². The van der Waals surface area contributed by atoms with Crippen LogP contribution in [-0.2, 0) is 4.74 Å². The van der Waals surface area contributed by atoms with E-state index in [-0.39, 0.29) is 0 Å². The summed E-state index contributed by atoms with van der Waals surface area (Å²) in [6, 6.07) is 0. The van der Waals surface area contributed by atoms with E-state index < -0.39 is 0 Å². The first-order valence-electron chi connectivity index (χ1n) is 11.0. The van der Waals surface area contributed by atoms with Crippen LogP contribution in [0.1, 0.15) is 103 Å². The van der Waals surface area contributed by atoms with E-state index >= 15 is 0 Å². The van der Waals surface area contributed by atoms with Crippen LogP contribution in [0.2, 0.25) is 0 Å². The molecule has 0 N–H and O–H groups in total. The van der Waals surface area contributed by atoms with Crippen molar-refractivity contribution in [3.05, 3.63) is 12.7 Å². The van der Waals surface area contributed by atoms with E-state index in [1.54, 1.807) is 0 Å². The highest BCUT2D eigenvalue weighted by Gasteiger charge is 2.37. The summed E-state index contributed by atoms with van der Waals surface area (Å²) in [6.07, 6.45) is 23.6. The predicted molar refractivity (Wildman–Crippen MR) is 105 cm³/mol. The van der Waals surface area contributed by atoms with E-state index in [1.807, 2.05) is 6.08 Å². The molecule has 24 heavy (non-hydrogen) atoms. The van der Waals surface area contributed by atoms with Crippen LogP contribution < -0.4 is 0 Å². The molecular formula is C23H42O. The molecule has 0 atom stereocenters. The second-order valence-electron chi connectivity index (χ2n) is 8.70. The smallest absolute Gasteiger partial charge is 0.0645 e. The Hall–Kier alpha value is -0.300. The van der Waals surface area contributed by atoms with Crippen molar-refractivity contribution in [2.45, 2.75) is 103 Å². The lowest BCUT2D eigenvalue weighted by Crippen LogP contribution is -2.34. The third kappa shape index (κ3) is 6.54. The molecule has 1 heteroatoms. The Labute approximate surface area is 151 Å². The number of hydrogen-bond donors (Lipinski definition) is 0. The molecule has 0 radical (unpaired) electrons. The number of hydrogen-bond acceptors (Lipinski definition) is 1. The summed E-state index contributed by atoms with van der Waals surface area (Å²) in [5, 5.41) is 0. The molecule has 0 aliphatic heterocycles. The largest absolute Gasteiger partial charge is 0.377 e. The van der Waals surface area contributed by atoms with Gasteiger partial charge in [-0.15, -0.1) is 6.58 Å². The van der Waals surface area contributed by atoms with Gasteiger partial charge in [0.2, 0.25) is 0 Å². The molecule has 0 amide bonds. The molecule has 2 fully saturated rings. The zero-order chi connectivity index (χ0) is 17.1. The quantitative estimate of drug-likeness (QED) is 0.284. The van der Waals surface area contributed by atoms with Crippen molar-refractivity contribution in [3.8, 4) is 0 Å². The maximum Gasteiger partial charge on any atom is 0.0645 e. The van der Waals surface area contributed by atoms with Gasteiger partial charge in [0.15, 0.2) is 0 Å². The van der Waals surface area contributed by atoms with Gasteiger partial charge in [0, 0.05) is 0 Å². The highest BCUT2D eigenvalue weighted by Crippen LogP contribution is 2.47. The van der Waals surface area contributed by atoms with Gasteiger partial charge in [-0.05, 0) is 49.4 Å². The average molecular weight is 335 g/mol. The van der Waals surface area contributed by atoms with Crippen LogP contribution in [0.3, 0.4) is 0 Å². The Morgan fingerprint density at radius 2 is 1.58 bits per heavy atom. The molecule has 0 spiro atoms. The van der Waals surface area contributed by atoms with Crippen LogP contribution in [0.25, 0.3) is 0 Å². The number of rotatable bonds is 11. The first kappa shape index (κ1) is 20.0. The zero-order valence-corrected chi connectivity index (χ0v) is 16.4. The Morgan fingerprint density at radius 3 is 2.25 bits per heavy atom. The number of unbranched alkanes of at least 4 members (excludes halogenated alkanes) is 4. The van der Waals surface area contributed by atoms with Gasteiger partial charge in [-0.1, -0.05) is 77.2 Å². The lowest BCUT2D eigenvalue weighted by Gasteiger charge is -2.43. The molecule has 0 unspecified atom stereocenters. The van der Waals surface area contributed by atoms with Gasteiger partial charge in [-0.2, -0.15) is 0 Å². The maximum atomic E-state index is 5.97. The van der Waals surface area contributed by atoms with Crippen LogP contribution in [0.5, 0.6) is 0 Å². The molecule has 0 heterocycles. The van der Waals surface area contributed by atoms with Gasteiger partial charge >= 0.3 is 0 Å². The second-order valence-corrected chi connectivity index (χ2v) is 8.70. The first-order chi connectivity index (χ1) is 11.8. The van der Waals surface area contributed by atoms with Gasteiger partial charge in [-0.3, -0.25) is 0 Å². The molecule has 0 saturated heterocycles. The van der Waals surface area contributed by atoms with E-state index in [0.29, 0.717) is 5.41 Å². The van der Waals surface area contributed by atoms with Crippen molar-refractivity contribution in [2.75, 3.05) is 13.2 Å². The Morgan fingerprint density at radius 1 is 0.917 bits per heavy atom. The second kappa shape index (κ2) is 11.3. The van der Waals surface area contributed by atoms with Crippen molar-refractivity contribution >= 4 is 0 Å². The molecule has 2 aliphatic carbocycles. The van der Waals surface area contributed by atoms with Gasteiger partial charge in [-0.25, -0.2) is 0 Å². The molecule has 0 aromatic rings. The summed E-state index contributed by atoms with van der Waals surface area (Å²) in [5.41, 5.74) is 0.486. The summed E-state index contributed by atoms with van der Waals surface area (Å²) >= 11 is 0. The van der Waals surface area contributed by atoms with E-state index in [0.717, 1.165) is 25.0 Å². The van der Waals surface area contributed by atoms with E-state index in [2.05, 4.69) is 13.5 Å². The lowest BCUT2D eigenvalue weighted by molar-refractivity contribution is 0.00340. The van der Waals surface area contributed by atoms with Crippen molar-refractivity contribution in [2.24, 2.45) is 17.3 Å². The Kier molecular flexibility index (Phi) is 9.46. The van der Waals surface area contributed by atoms with E-state index in [4.69, 9.17) is 4.74 Å². The number of ether oxygens (including phenoxy) is 1. The highest BCUT2D eigenvalue weighted by molar-refractivity contribution is 4.88. The topological polar surface area (TPSA) is 9.23 Å². The van der Waals surface area contributed by atoms with Crippen LogP contribution in [-0.4, -0.2) is 13.2 Å².